The summed E-state index contributed by atoms with van der Waals surface area (Å²) in [6, 6.07) is 0. The molecule has 1 rings (SSSR count). The smallest absolute Gasteiger partial charge is 0.295 e. The fraction of sp³-hybridized carbons (Fsp3) is 0.750. The minimum absolute atomic E-state index is 0.0868. The zero-order valence-corrected chi connectivity index (χ0v) is 7.16. The van der Waals surface area contributed by atoms with E-state index in [-0.39, 0.29) is 12.1 Å². The van der Waals surface area contributed by atoms with Crippen LogP contribution in [0, 0.1) is 0 Å². The van der Waals surface area contributed by atoms with Gasteiger partial charge in [-0.1, -0.05) is 6.92 Å². The highest BCUT2D eigenvalue weighted by atomic mass is 16.5. The highest BCUT2D eigenvalue weighted by molar-refractivity contribution is 5.78. The third-order valence-corrected chi connectivity index (χ3v) is 2.02. The van der Waals surface area contributed by atoms with Gasteiger partial charge in [0.25, 0.3) is 6.47 Å². The average Bonchev–Trinajstić information content (AvgIpc) is 2.47. The molecule has 1 unspecified atom stereocenters. The van der Waals surface area contributed by atoms with Crippen LogP contribution in [-0.2, 0) is 14.3 Å². The lowest BCUT2D eigenvalue weighted by molar-refractivity contribution is -0.151. The Labute approximate surface area is 71.5 Å². The third kappa shape index (κ3) is 1.75. The maximum absolute atomic E-state index is 11.2. The molecule has 0 bridgehead atoms. The van der Waals surface area contributed by atoms with Gasteiger partial charge in [0.15, 0.2) is 6.23 Å². The summed E-state index contributed by atoms with van der Waals surface area (Å²) < 4.78 is 4.77. The fourth-order valence-corrected chi connectivity index (χ4v) is 1.43. The number of nitrogens with zero attached hydrogens (tertiary/aromatic N) is 1. The number of hydrogen-bond acceptors (Lipinski definition) is 3. The number of amides is 1. The Balaban J connectivity index is 2.51. The van der Waals surface area contributed by atoms with Gasteiger partial charge in [0.2, 0.25) is 5.91 Å². The molecule has 0 aromatic heterocycles. The molecule has 1 aliphatic rings. The summed E-state index contributed by atoms with van der Waals surface area (Å²) in [5.41, 5.74) is 0. The lowest BCUT2D eigenvalue weighted by Gasteiger charge is -2.24. The summed E-state index contributed by atoms with van der Waals surface area (Å²) in [6.45, 7) is 3.00. The number of likely N-dealkylation sites (tertiary alicyclic amines) is 1. The van der Waals surface area contributed by atoms with Crippen molar-refractivity contribution < 1.29 is 14.3 Å². The summed E-state index contributed by atoms with van der Waals surface area (Å²) in [5, 5.41) is 0. The molecule has 1 atom stereocenters. The predicted molar refractivity (Wildman–Crippen MR) is 42.2 cm³/mol. The Bertz CT molecular complexity index is 181. The second-order valence-electron chi connectivity index (χ2n) is 2.79. The monoisotopic (exact) mass is 171 g/mol. The number of hydrogen-bond donors (Lipinski definition) is 0. The van der Waals surface area contributed by atoms with Gasteiger partial charge >= 0.3 is 0 Å². The summed E-state index contributed by atoms with van der Waals surface area (Å²) in [4.78, 5) is 22.9. The van der Waals surface area contributed by atoms with Crippen molar-refractivity contribution in [3.8, 4) is 0 Å². The number of ether oxygens (including phenoxy) is 1. The molecule has 0 aliphatic carbocycles. The molecule has 0 saturated carbocycles. The molecule has 1 fully saturated rings. The van der Waals surface area contributed by atoms with Crippen molar-refractivity contribution in [1.82, 2.24) is 4.90 Å². The van der Waals surface area contributed by atoms with Gasteiger partial charge in [-0.25, -0.2) is 0 Å². The van der Waals surface area contributed by atoms with Gasteiger partial charge in [-0.05, 0) is 6.42 Å². The van der Waals surface area contributed by atoms with E-state index in [1.165, 1.54) is 0 Å². The van der Waals surface area contributed by atoms with E-state index in [9.17, 15) is 9.59 Å². The van der Waals surface area contributed by atoms with Gasteiger partial charge in [0.1, 0.15) is 0 Å². The molecule has 0 aromatic carbocycles. The molecular formula is C8H13NO3. The summed E-state index contributed by atoms with van der Waals surface area (Å²) in [6.07, 6.45) is 1.76. The van der Waals surface area contributed by atoms with Crippen LogP contribution < -0.4 is 0 Å². The Morgan fingerprint density at radius 3 is 2.92 bits per heavy atom. The van der Waals surface area contributed by atoms with Crippen molar-refractivity contribution in [2.45, 2.75) is 32.4 Å². The van der Waals surface area contributed by atoms with Crippen molar-refractivity contribution in [1.29, 1.82) is 0 Å². The third-order valence-electron chi connectivity index (χ3n) is 2.02. The van der Waals surface area contributed by atoms with E-state index in [0.717, 1.165) is 6.42 Å². The summed E-state index contributed by atoms with van der Waals surface area (Å²) in [5.74, 6) is 0.0868. The molecule has 12 heavy (non-hydrogen) atoms. The van der Waals surface area contributed by atoms with Gasteiger partial charge in [-0.15, -0.1) is 0 Å². The SMILES string of the molecule is CCC(OC=O)N1CCCC1=O. The summed E-state index contributed by atoms with van der Waals surface area (Å²) >= 11 is 0. The van der Waals surface area contributed by atoms with Crippen LogP contribution in [0.5, 0.6) is 0 Å². The van der Waals surface area contributed by atoms with E-state index in [2.05, 4.69) is 0 Å². The van der Waals surface area contributed by atoms with Crippen molar-refractivity contribution in [2.24, 2.45) is 0 Å². The van der Waals surface area contributed by atoms with E-state index in [1.54, 1.807) is 4.90 Å². The molecule has 1 aliphatic heterocycles. The first-order chi connectivity index (χ1) is 5.79. The van der Waals surface area contributed by atoms with Crippen LogP contribution in [0.15, 0.2) is 0 Å². The fourth-order valence-electron chi connectivity index (χ4n) is 1.43. The lowest BCUT2D eigenvalue weighted by atomic mass is 10.4. The zero-order valence-electron chi connectivity index (χ0n) is 7.16. The maximum Gasteiger partial charge on any atom is 0.295 e. The van der Waals surface area contributed by atoms with E-state index < -0.39 is 0 Å². The van der Waals surface area contributed by atoms with E-state index >= 15 is 0 Å². The van der Waals surface area contributed by atoms with Crippen molar-refractivity contribution in [3.63, 3.8) is 0 Å². The molecular weight excluding hydrogens is 158 g/mol. The highest BCUT2D eigenvalue weighted by Gasteiger charge is 2.27. The normalized spacial score (nSPS) is 19.4. The van der Waals surface area contributed by atoms with Gasteiger partial charge in [0.05, 0.1) is 0 Å². The van der Waals surface area contributed by atoms with Gasteiger partial charge < -0.3 is 9.64 Å². The lowest BCUT2D eigenvalue weighted by Crippen LogP contribution is -2.37. The van der Waals surface area contributed by atoms with Crippen molar-refractivity contribution in [2.75, 3.05) is 6.54 Å². The molecule has 0 spiro atoms. The molecule has 1 saturated heterocycles. The van der Waals surface area contributed by atoms with Crippen LogP contribution in [0.1, 0.15) is 26.2 Å². The van der Waals surface area contributed by atoms with Gasteiger partial charge in [-0.2, -0.15) is 0 Å². The van der Waals surface area contributed by atoms with Crippen LogP contribution in [0.25, 0.3) is 0 Å². The van der Waals surface area contributed by atoms with Gasteiger partial charge in [0, 0.05) is 19.4 Å². The topological polar surface area (TPSA) is 46.6 Å². The van der Waals surface area contributed by atoms with Crippen LogP contribution in [-0.4, -0.2) is 30.1 Å². The van der Waals surface area contributed by atoms with Crippen LogP contribution in [0.2, 0.25) is 0 Å². The molecule has 0 aromatic rings. The van der Waals surface area contributed by atoms with Crippen molar-refractivity contribution >= 4 is 12.4 Å². The number of carbonyl (C=O) groups is 2. The Morgan fingerprint density at radius 2 is 2.50 bits per heavy atom. The first-order valence-corrected chi connectivity index (χ1v) is 4.18. The van der Waals surface area contributed by atoms with Crippen LogP contribution >= 0.6 is 0 Å². The Kier molecular flexibility index (Phi) is 3.08. The van der Waals surface area contributed by atoms with E-state index in [1.807, 2.05) is 6.92 Å². The molecule has 0 N–H and O–H groups in total. The standard InChI is InChI=1S/C8H13NO3/c1-2-8(12-6-10)9-5-3-4-7(9)11/h6,8H,2-5H2,1H3. The van der Waals surface area contributed by atoms with Crippen LogP contribution in [0.3, 0.4) is 0 Å². The van der Waals surface area contributed by atoms with Gasteiger partial charge in [-0.3, -0.25) is 9.59 Å². The molecule has 4 heteroatoms. The molecule has 0 radical (unpaired) electrons. The molecule has 1 amide bonds. The van der Waals surface area contributed by atoms with E-state index in [0.29, 0.717) is 25.9 Å². The minimum atomic E-state index is -0.350. The second-order valence-corrected chi connectivity index (χ2v) is 2.79. The quantitative estimate of drug-likeness (QED) is 0.579. The summed E-state index contributed by atoms with van der Waals surface area (Å²) in [7, 11) is 0. The first-order valence-electron chi connectivity index (χ1n) is 4.18. The van der Waals surface area contributed by atoms with Crippen LogP contribution in [0.4, 0.5) is 0 Å². The molecule has 68 valence electrons. The Hall–Kier alpha value is -1.06. The maximum atomic E-state index is 11.2. The second kappa shape index (κ2) is 4.09. The molecule has 4 nitrogen and oxygen atoms in total. The molecule has 1 heterocycles. The Morgan fingerprint density at radius 1 is 1.75 bits per heavy atom. The largest absolute Gasteiger partial charge is 0.444 e. The number of rotatable bonds is 4. The average molecular weight is 171 g/mol. The van der Waals surface area contributed by atoms with Crippen molar-refractivity contribution in [3.05, 3.63) is 0 Å². The van der Waals surface area contributed by atoms with E-state index in [4.69, 9.17) is 4.74 Å². The first kappa shape index (κ1) is 9.03. The highest BCUT2D eigenvalue weighted by Crippen LogP contribution is 2.15. The zero-order chi connectivity index (χ0) is 8.97. The predicted octanol–water partition coefficient (Wildman–Crippen LogP) is 0.518. The minimum Gasteiger partial charge on any atom is -0.444 e. The number of carbonyl (C=O) groups excluding carboxylic acids is 2.